The number of amides is 1. The molecule has 2 fully saturated rings. The fourth-order valence-electron chi connectivity index (χ4n) is 3.63. The molecule has 1 N–H and O–H groups in total. The van der Waals surface area contributed by atoms with Gasteiger partial charge in [0.25, 0.3) is 5.91 Å². The fraction of sp³-hybridized carbons (Fsp3) is 0.600. The minimum atomic E-state index is -4.66. The number of nitrogens with zero attached hydrogens (tertiary/aromatic N) is 2. The van der Waals surface area contributed by atoms with E-state index in [4.69, 9.17) is 0 Å². The Morgan fingerprint density at radius 3 is 2.50 bits per heavy atom. The van der Waals surface area contributed by atoms with Crippen molar-refractivity contribution < 1.29 is 23.1 Å². The van der Waals surface area contributed by atoms with Crippen molar-refractivity contribution >= 4 is 5.91 Å². The molecule has 3 heterocycles. The second-order valence-corrected chi connectivity index (χ2v) is 5.97. The monoisotopic (exact) mass is 314 g/mol. The lowest BCUT2D eigenvalue weighted by atomic mass is 9.82. The van der Waals surface area contributed by atoms with Crippen molar-refractivity contribution in [2.24, 2.45) is 0 Å². The number of alkyl halides is 3. The van der Waals surface area contributed by atoms with Gasteiger partial charge in [-0.25, -0.2) is 0 Å². The van der Waals surface area contributed by atoms with Crippen LogP contribution in [0.3, 0.4) is 0 Å². The van der Waals surface area contributed by atoms with Crippen molar-refractivity contribution in [2.45, 2.75) is 56.5 Å². The third kappa shape index (κ3) is 2.69. The highest BCUT2D eigenvalue weighted by molar-refractivity contribution is 5.96. The molecule has 1 aromatic rings. The molecule has 0 spiro atoms. The molecule has 0 saturated carbocycles. The molecule has 22 heavy (non-hydrogen) atoms. The normalized spacial score (nSPS) is 28.5. The average Bonchev–Trinajstić information content (AvgIpc) is 2.44. The van der Waals surface area contributed by atoms with E-state index >= 15 is 0 Å². The van der Waals surface area contributed by atoms with E-state index in [0.717, 1.165) is 25.5 Å². The number of halogens is 3. The van der Waals surface area contributed by atoms with Crippen LogP contribution in [0.5, 0.6) is 0 Å². The van der Waals surface area contributed by atoms with Crippen LogP contribution in [0.25, 0.3) is 0 Å². The first-order valence-corrected chi connectivity index (χ1v) is 7.41. The number of carbonyl (C=O) groups excluding carboxylic acids is 1. The summed E-state index contributed by atoms with van der Waals surface area (Å²) in [6.07, 6.45) is -0.840. The van der Waals surface area contributed by atoms with Crippen LogP contribution in [-0.2, 0) is 6.18 Å². The van der Waals surface area contributed by atoms with Gasteiger partial charge < -0.3 is 10.0 Å². The van der Waals surface area contributed by atoms with Crippen LogP contribution in [0.4, 0.5) is 13.2 Å². The van der Waals surface area contributed by atoms with E-state index in [0.29, 0.717) is 12.8 Å². The topological polar surface area (TPSA) is 53.4 Å². The highest BCUT2D eigenvalue weighted by Crippen LogP contribution is 2.37. The summed E-state index contributed by atoms with van der Waals surface area (Å²) >= 11 is 0. The van der Waals surface area contributed by atoms with Gasteiger partial charge in [0.05, 0.1) is 11.7 Å². The van der Waals surface area contributed by atoms with Gasteiger partial charge in [0.2, 0.25) is 0 Å². The number of hydrogen-bond donors (Lipinski definition) is 1. The van der Waals surface area contributed by atoms with Gasteiger partial charge in [-0.15, -0.1) is 0 Å². The first-order chi connectivity index (χ1) is 10.4. The van der Waals surface area contributed by atoms with Gasteiger partial charge in [0.1, 0.15) is 0 Å². The SMILES string of the molecule is O=C(c1cccnc1C(F)(F)F)N1[C@@H]2CCC[C@H]1CC(O)C2. The highest BCUT2D eigenvalue weighted by Gasteiger charge is 2.44. The van der Waals surface area contributed by atoms with E-state index in [1.165, 1.54) is 12.1 Å². The molecule has 0 radical (unpaired) electrons. The van der Waals surface area contributed by atoms with E-state index in [1.807, 2.05) is 0 Å². The lowest BCUT2D eigenvalue weighted by molar-refractivity contribution is -0.141. The van der Waals surface area contributed by atoms with E-state index < -0.39 is 29.4 Å². The zero-order chi connectivity index (χ0) is 15.9. The number of aliphatic hydroxyl groups excluding tert-OH is 1. The molecule has 0 aliphatic carbocycles. The lowest BCUT2D eigenvalue weighted by Gasteiger charge is -2.47. The van der Waals surface area contributed by atoms with Crippen LogP contribution in [-0.4, -0.2) is 39.1 Å². The molecule has 1 unspecified atom stereocenters. The summed E-state index contributed by atoms with van der Waals surface area (Å²) < 4.78 is 39.2. The van der Waals surface area contributed by atoms with Crippen LogP contribution in [0, 0.1) is 0 Å². The molecule has 3 rings (SSSR count). The maximum atomic E-state index is 13.1. The van der Waals surface area contributed by atoms with Crippen molar-refractivity contribution in [3.05, 3.63) is 29.6 Å². The summed E-state index contributed by atoms with van der Waals surface area (Å²) in [5.41, 5.74) is -1.53. The Bertz CT molecular complexity index is 562. The van der Waals surface area contributed by atoms with E-state index in [-0.39, 0.29) is 12.1 Å². The summed E-state index contributed by atoms with van der Waals surface area (Å²) in [5.74, 6) is -0.623. The maximum Gasteiger partial charge on any atom is 0.434 e. The van der Waals surface area contributed by atoms with E-state index in [2.05, 4.69) is 4.98 Å². The fourth-order valence-corrected chi connectivity index (χ4v) is 3.63. The maximum absolute atomic E-state index is 13.1. The molecule has 2 aliphatic heterocycles. The second-order valence-electron chi connectivity index (χ2n) is 5.97. The summed E-state index contributed by atoms with van der Waals surface area (Å²) in [4.78, 5) is 17.6. The molecule has 2 bridgehead atoms. The molecular formula is C15H17F3N2O2. The van der Waals surface area contributed by atoms with Gasteiger partial charge in [0, 0.05) is 18.3 Å². The zero-order valence-electron chi connectivity index (χ0n) is 11.9. The summed E-state index contributed by atoms with van der Waals surface area (Å²) in [5, 5.41) is 9.84. The molecule has 1 amide bonds. The number of pyridine rings is 1. The first kappa shape index (κ1) is 15.3. The Balaban J connectivity index is 1.95. The number of aromatic nitrogens is 1. The third-order valence-electron chi connectivity index (χ3n) is 4.49. The molecular weight excluding hydrogens is 297 g/mol. The smallest absolute Gasteiger partial charge is 0.393 e. The largest absolute Gasteiger partial charge is 0.434 e. The molecule has 0 aromatic carbocycles. The van der Waals surface area contributed by atoms with Gasteiger partial charge in [-0.2, -0.15) is 13.2 Å². The minimum absolute atomic E-state index is 0.184. The zero-order valence-corrected chi connectivity index (χ0v) is 11.9. The van der Waals surface area contributed by atoms with E-state index in [9.17, 15) is 23.1 Å². The second kappa shape index (κ2) is 5.53. The lowest BCUT2D eigenvalue weighted by Crippen LogP contribution is -2.56. The van der Waals surface area contributed by atoms with Gasteiger partial charge in [-0.05, 0) is 44.2 Å². The summed E-state index contributed by atoms with van der Waals surface area (Å²) in [6, 6.07) is 2.16. The standard InChI is InChI=1S/C15H17F3N2O2/c16-15(17,18)13-12(5-2-6-19-13)14(22)20-9-3-1-4-10(20)8-11(21)7-9/h2,5-6,9-11,21H,1,3-4,7-8H2/t9-,10+,11?. The van der Waals surface area contributed by atoms with Crippen LogP contribution >= 0.6 is 0 Å². The molecule has 120 valence electrons. The van der Waals surface area contributed by atoms with Crippen molar-refractivity contribution in [3.63, 3.8) is 0 Å². The van der Waals surface area contributed by atoms with Gasteiger partial charge >= 0.3 is 6.18 Å². The van der Waals surface area contributed by atoms with Crippen molar-refractivity contribution in [3.8, 4) is 0 Å². The van der Waals surface area contributed by atoms with Gasteiger partial charge in [-0.1, -0.05) is 0 Å². The molecule has 4 nitrogen and oxygen atoms in total. The molecule has 1 aromatic heterocycles. The number of piperidine rings is 2. The van der Waals surface area contributed by atoms with Crippen molar-refractivity contribution in [1.29, 1.82) is 0 Å². The Kier molecular flexibility index (Phi) is 3.84. The predicted octanol–water partition coefficient (Wildman–Crippen LogP) is 2.62. The number of carbonyl (C=O) groups is 1. The minimum Gasteiger partial charge on any atom is -0.393 e. The van der Waals surface area contributed by atoms with E-state index in [1.54, 1.807) is 4.90 Å². The van der Waals surface area contributed by atoms with Crippen molar-refractivity contribution in [2.75, 3.05) is 0 Å². The number of rotatable bonds is 1. The molecule has 3 atom stereocenters. The molecule has 2 saturated heterocycles. The Morgan fingerprint density at radius 2 is 1.91 bits per heavy atom. The number of fused-ring (bicyclic) bond motifs is 2. The Hall–Kier alpha value is -1.63. The number of aliphatic hydroxyl groups is 1. The average molecular weight is 314 g/mol. The van der Waals surface area contributed by atoms with Crippen LogP contribution in [0.15, 0.2) is 18.3 Å². The van der Waals surface area contributed by atoms with Crippen LogP contribution in [0.2, 0.25) is 0 Å². The highest BCUT2D eigenvalue weighted by atomic mass is 19.4. The molecule has 7 heteroatoms. The quantitative estimate of drug-likeness (QED) is 0.867. The van der Waals surface area contributed by atoms with Crippen LogP contribution < -0.4 is 0 Å². The Morgan fingerprint density at radius 1 is 1.27 bits per heavy atom. The summed E-state index contributed by atoms with van der Waals surface area (Å²) in [7, 11) is 0. The first-order valence-electron chi connectivity index (χ1n) is 7.41. The third-order valence-corrected chi connectivity index (χ3v) is 4.49. The van der Waals surface area contributed by atoms with Gasteiger partial charge in [0.15, 0.2) is 5.69 Å². The summed E-state index contributed by atoms with van der Waals surface area (Å²) in [6.45, 7) is 0. The van der Waals surface area contributed by atoms with Gasteiger partial charge in [-0.3, -0.25) is 9.78 Å². The number of hydrogen-bond acceptors (Lipinski definition) is 3. The molecule has 2 aliphatic rings. The predicted molar refractivity (Wildman–Crippen MR) is 72.1 cm³/mol. The van der Waals surface area contributed by atoms with Crippen LogP contribution in [0.1, 0.15) is 48.2 Å². The van der Waals surface area contributed by atoms with Crippen molar-refractivity contribution in [1.82, 2.24) is 9.88 Å². The Labute approximate surface area is 126 Å².